The van der Waals surface area contributed by atoms with Gasteiger partial charge in [0.15, 0.2) is 5.84 Å². The summed E-state index contributed by atoms with van der Waals surface area (Å²) in [4.78, 5) is 13.6. The molecular weight excluding hydrogens is 378 g/mol. The van der Waals surface area contributed by atoms with Crippen LogP contribution in [0.5, 0.6) is 0 Å². The number of piperidine rings is 1. The predicted octanol–water partition coefficient (Wildman–Crippen LogP) is 4.79. The first-order valence-electron chi connectivity index (χ1n) is 10.5. The second kappa shape index (κ2) is 9.72. The van der Waals surface area contributed by atoms with E-state index in [0.717, 1.165) is 66.6 Å². The fraction of sp³-hybridized carbons (Fsp3) is 0.522. The molecule has 5 nitrogen and oxygen atoms in total. The van der Waals surface area contributed by atoms with Gasteiger partial charge in [-0.05, 0) is 63.1 Å². The van der Waals surface area contributed by atoms with Gasteiger partial charge in [0.1, 0.15) is 5.84 Å². The van der Waals surface area contributed by atoms with E-state index < -0.39 is 0 Å². The summed E-state index contributed by atoms with van der Waals surface area (Å²) >= 11 is 1.61. The second-order valence-electron chi connectivity index (χ2n) is 8.37. The van der Waals surface area contributed by atoms with Crippen molar-refractivity contribution in [2.24, 2.45) is 22.1 Å². The second-order valence-corrected chi connectivity index (χ2v) is 9.45. The van der Waals surface area contributed by atoms with Crippen LogP contribution in [-0.4, -0.2) is 41.2 Å². The van der Waals surface area contributed by atoms with Crippen LogP contribution in [0, 0.1) is 23.7 Å². The van der Waals surface area contributed by atoms with Crippen molar-refractivity contribution in [3.05, 3.63) is 47.2 Å². The van der Waals surface area contributed by atoms with Crippen LogP contribution in [0.4, 0.5) is 0 Å². The smallest absolute Gasteiger partial charge is 0.160 e. The molecule has 0 aromatic carbocycles. The van der Waals surface area contributed by atoms with Crippen LogP contribution in [0.15, 0.2) is 51.4 Å². The minimum atomic E-state index is 0.233. The number of hydrogen-bond acceptors (Lipinski definition) is 5. The Hall–Kier alpha value is -1.92. The number of amidine groups is 2. The Bertz CT molecular complexity index is 818. The third-order valence-corrected chi connectivity index (χ3v) is 7.19. The third-order valence-electron chi connectivity index (χ3n) is 5.99. The van der Waals surface area contributed by atoms with Gasteiger partial charge in [-0.3, -0.25) is 10.4 Å². The molecule has 2 aliphatic heterocycles. The summed E-state index contributed by atoms with van der Waals surface area (Å²) in [5.41, 5.74) is 7.20. The van der Waals surface area contributed by atoms with E-state index in [1.807, 2.05) is 19.2 Å². The SMILES string of the molecule is CC=CCC1C=C(Sc2cccnc2C)C(=N)N=C(N2CCC(C)(CN)CC2)C1. The quantitative estimate of drug-likeness (QED) is 0.683. The van der Waals surface area contributed by atoms with Crippen molar-refractivity contribution in [3.63, 3.8) is 0 Å². The number of pyridine rings is 1. The topological polar surface area (TPSA) is 78.4 Å². The largest absolute Gasteiger partial charge is 0.360 e. The van der Waals surface area contributed by atoms with Crippen molar-refractivity contribution < 1.29 is 0 Å². The van der Waals surface area contributed by atoms with Gasteiger partial charge >= 0.3 is 0 Å². The highest BCUT2D eigenvalue weighted by Crippen LogP contribution is 2.35. The molecule has 3 N–H and O–H groups in total. The van der Waals surface area contributed by atoms with Crippen molar-refractivity contribution in [3.8, 4) is 0 Å². The van der Waals surface area contributed by atoms with Gasteiger partial charge in [0.05, 0.1) is 10.6 Å². The number of aliphatic imine (C=N–C) groups is 1. The van der Waals surface area contributed by atoms with E-state index >= 15 is 0 Å². The molecule has 0 bridgehead atoms. The lowest BCUT2D eigenvalue weighted by Gasteiger charge is -2.40. The van der Waals surface area contributed by atoms with E-state index in [-0.39, 0.29) is 5.41 Å². The van der Waals surface area contributed by atoms with Crippen LogP contribution < -0.4 is 5.73 Å². The Balaban J connectivity index is 1.82. The first-order chi connectivity index (χ1) is 13.9. The molecule has 1 aromatic rings. The molecule has 1 unspecified atom stereocenters. The van der Waals surface area contributed by atoms with Gasteiger partial charge in [-0.25, -0.2) is 4.99 Å². The minimum absolute atomic E-state index is 0.233. The van der Waals surface area contributed by atoms with Crippen molar-refractivity contribution >= 4 is 23.4 Å². The average molecular weight is 412 g/mol. The molecule has 1 atom stereocenters. The number of nitrogens with one attached hydrogen (secondary N) is 1. The fourth-order valence-electron chi connectivity index (χ4n) is 3.77. The van der Waals surface area contributed by atoms with Crippen LogP contribution in [0.3, 0.4) is 0 Å². The Morgan fingerprint density at radius 2 is 2.14 bits per heavy atom. The maximum absolute atomic E-state index is 8.67. The molecule has 1 fully saturated rings. The Labute approximate surface area is 179 Å². The molecule has 29 heavy (non-hydrogen) atoms. The first kappa shape index (κ1) is 21.8. The summed E-state index contributed by atoms with van der Waals surface area (Å²) in [7, 11) is 0. The first-order valence-corrected chi connectivity index (χ1v) is 11.3. The number of rotatable bonds is 5. The van der Waals surface area contributed by atoms with Crippen LogP contribution in [0.2, 0.25) is 0 Å². The lowest BCUT2D eigenvalue weighted by molar-refractivity contribution is 0.174. The molecule has 6 heteroatoms. The average Bonchev–Trinajstić information content (AvgIpc) is 2.87. The number of nitrogens with two attached hydrogens (primary N) is 1. The fourth-order valence-corrected chi connectivity index (χ4v) is 4.75. The number of aromatic nitrogens is 1. The van der Waals surface area contributed by atoms with Crippen LogP contribution in [0.1, 0.15) is 45.2 Å². The van der Waals surface area contributed by atoms with Gasteiger partial charge in [0.25, 0.3) is 0 Å². The zero-order chi connectivity index (χ0) is 20.9. The summed E-state index contributed by atoms with van der Waals surface area (Å²) in [5, 5.41) is 8.67. The molecule has 156 valence electrons. The zero-order valence-corrected chi connectivity index (χ0v) is 18.6. The van der Waals surface area contributed by atoms with Crippen LogP contribution >= 0.6 is 11.8 Å². The summed E-state index contributed by atoms with van der Waals surface area (Å²) in [6.45, 7) is 9.03. The molecule has 1 aromatic heterocycles. The summed E-state index contributed by atoms with van der Waals surface area (Å²) < 4.78 is 0. The molecule has 3 heterocycles. The third kappa shape index (κ3) is 5.58. The predicted molar refractivity (Wildman–Crippen MR) is 124 cm³/mol. The lowest BCUT2D eigenvalue weighted by Crippen LogP contribution is -2.45. The van der Waals surface area contributed by atoms with E-state index in [2.05, 4.69) is 48.0 Å². The molecule has 0 saturated carbocycles. The highest BCUT2D eigenvalue weighted by atomic mass is 32.2. The number of aryl methyl sites for hydroxylation is 1. The van der Waals surface area contributed by atoms with Gasteiger partial charge in [0.2, 0.25) is 0 Å². The van der Waals surface area contributed by atoms with E-state index in [1.54, 1.807) is 11.8 Å². The molecular formula is C23H33N5S. The zero-order valence-electron chi connectivity index (χ0n) is 17.8. The van der Waals surface area contributed by atoms with Crippen molar-refractivity contribution in [1.82, 2.24) is 9.88 Å². The summed E-state index contributed by atoms with van der Waals surface area (Å²) in [6.07, 6.45) is 12.4. The normalized spacial score (nSPS) is 22.4. The molecule has 1 saturated heterocycles. The van der Waals surface area contributed by atoms with Gasteiger partial charge in [-0.1, -0.05) is 36.9 Å². The van der Waals surface area contributed by atoms with E-state index in [0.29, 0.717) is 11.8 Å². The molecule has 0 amide bonds. The lowest BCUT2D eigenvalue weighted by atomic mass is 9.80. The molecule has 0 radical (unpaired) electrons. The standard InChI is InChI=1S/C23H33N5S/c1-4-5-7-18-14-20(29-19-8-6-11-26-17(19)2)22(25)27-21(15-18)28-12-9-23(3,16-24)10-13-28/h4-6,8,11,14,18,25H,7,9-10,12-13,15-16,24H2,1-3H3. The molecule has 0 spiro atoms. The number of thioether (sulfide) groups is 1. The number of allylic oxidation sites excluding steroid dienone is 3. The highest BCUT2D eigenvalue weighted by Gasteiger charge is 2.31. The monoisotopic (exact) mass is 411 g/mol. The van der Waals surface area contributed by atoms with Crippen molar-refractivity contribution in [1.29, 1.82) is 5.41 Å². The van der Waals surface area contributed by atoms with Crippen molar-refractivity contribution in [2.75, 3.05) is 19.6 Å². The van der Waals surface area contributed by atoms with E-state index in [4.69, 9.17) is 16.1 Å². The Morgan fingerprint density at radius 3 is 2.79 bits per heavy atom. The summed E-state index contributed by atoms with van der Waals surface area (Å²) in [6, 6.07) is 4.01. The minimum Gasteiger partial charge on any atom is -0.360 e. The maximum Gasteiger partial charge on any atom is 0.160 e. The summed E-state index contributed by atoms with van der Waals surface area (Å²) in [5.74, 6) is 1.76. The van der Waals surface area contributed by atoms with E-state index in [9.17, 15) is 0 Å². The van der Waals surface area contributed by atoms with Gasteiger partial charge in [-0.15, -0.1) is 0 Å². The number of hydrogen-bond donors (Lipinski definition) is 2. The van der Waals surface area contributed by atoms with Gasteiger partial charge < -0.3 is 10.6 Å². The molecule has 2 aliphatic rings. The number of likely N-dealkylation sites (tertiary alicyclic amines) is 1. The molecule has 3 rings (SSSR count). The van der Waals surface area contributed by atoms with Crippen LogP contribution in [0.25, 0.3) is 0 Å². The number of nitrogens with zero attached hydrogens (tertiary/aromatic N) is 3. The van der Waals surface area contributed by atoms with Gasteiger partial charge in [0, 0.05) is 30.6 Å². The highest BCUT2D eigenvalue weighted by molar-refractivity contribution is 8.04. The Kier molecular flexibility index (Phi) is 7.30. The van der Waals surface area contributed by atoms with Gasteiger partial charge in [-0.2, -0.15) is 0 Å². The maximum atomic E-state index is 8.67. The molecule has 0 aliphatic carbocycles. The van der Waals surface area contributed by atoms with Crippen LogP contribution in [-0.2, 0) is 0 Å². The van der Waals surface area contributed by atoms with E-state index in [1.165, 1.54) is 0 Å². The van der Waals surface area contributed by atoms with Crippen molar-refractivity contribution in [2.45, 2.75) is 51.3 Å². The Morgan fingerprint density at radius 1 is 1.38 bits per heavy atom.